The Morgan fingerprint density at radius 3 is 2.54 bits per heavy atom. The van der Waals surface area contributed by atoms with E-state index in [1.54, 1.807) is 18.2 Å². The monoisotopic (exact) mass is 180 g/mol. The van der Waals surface area contributed by atoms with Crippen molar-refractivity contribution in [3.8, 4) is 5.75 Å². The molecule has 0 aliphatic carbocycles. The molecule has 0 aliphatic rings. The summed E-state index contributed by atoms with van der Waals surface area (Å²) in [6, 6.07) is 5.13. The highest BCUT2D eigenvalue weighted by Crippen LogP contribution is 2.24. The highest BCUT2D eigenvalue weighted by Gasteiger charge is 2.09. The number of hydrogen-bond donors (Lipinski definition) is 2. The van der Waals surface area contributed by atoms with Crippen LogP contribution in [0.15, 0.2) is 18.2 Å². The lowest BCUT2D eigenvalue weighted by Crippen LogP contribution is -1.99. The molecule has 0 saturated heterocycles. The lowest BCUT2D eigenvalue weighted by atomic mass is 9.99. The van der Waals surface area contributed by atoms with Crippen molar-refractivity contribution in [1.29, 1.82) is 0 Å². The van der Waals surface area contributed by atoms with Gasteiger partial charge in [0.15, 0.2) is 0 Å². The van der Waals surface area contributed by atoms with Gasteiger partial charge in [-0.2, -0.15) is 0 Å². The highest BCUT2D eigenvalue weighted by atomic mass is 16.3. The third-order valence-electron chi connectivity index (χ3n) is 2.25. The summed E-state index contributed by atoms with van der Waals surface area (Å²) in [6.45, 7) is 3.96. The van der Waals surface area contributed by atoms with Crippen LogP contribution in [0.2, 0.25) is 0 Å². The minimum Gasteiger partial charge on any atom is -0.508 e. The average molecular weight is 180 g/mol. The summed E-state index contributed by atoms with van der Waals surface area (Å²) < 4.78 is 0. The minimum atomic E-state index is -0.407. The van der Waals surface area contributed by atoms with E-state index in [-0.39, 0.29) is 5.75 Å². The Labute approximate surface area is 78.8 Å². The van der Waals surface area contributed by atoms with E-state index in [9.17, 15) is 10.2 Å². The first-order valence-corrected chi connectivity index (χ1v) is 4.68. The molecule has 0 radical (unpaired) electrons. The van der Waals surface area contributed by atoms with Gasteiger partial charge in [-0.05, 0) is 36.1 Å². The zero-order valence-corrected chi connectivity index (χ0v) is 8.12. The van der Waals surface area contributed by atoms with Crippen LogP contribution in [0, 0.1) is 0 Å². The van der Waals surface area contributed by atoms with Crippen LogP contribution in [0.5, 0.6) is 5.75 Å². The van der Waals surface area contributed by atoms with Crippen molar-refractivity contribution in [3.05, 3.63) is 29.3 Å². The first-order chi connectivity index (χ1) is 6.19. The van der Waals surface area contributed by atoms with Gasteiger partial charge >= 0.3 is 0 Å². The standard InChI is InChI=1S/C11H16O2/c1-3-8-7-9(12)5-6-10(8)11(13)4-2/h5-7,11-13H,3-4H2,1-2H3. The molecule has 0 spiro atoms. The molecule has 0 aromatic heterocycles. The molecule has 1 atom stereocenters. The van der Waals surface area contributed by atoms with Gasteiger partial charge in [0.05, 0.1) is 6.10 Å². The van der Waals surface area contributed by atoms with Crippen LogP contribution in [0.4, 0.5) is 0 Å². The third-order valence-corrected chi connectivity index (χ3v) is 2.25. The maximum absolute atomic E-state index is 9.65. The molecule has 0 saturated carbocycles. The zero-order valence-electron chi connectivity index (χ0n) is 8.12. The van der Waals surface area contributed by atoms with Crippen LogP contribution < -0.4 is 0 Å². The summed E-state index contributed by atoms with van der Waals surface area (Å²) in [5, 5.41) is 18.9. The molecule has 0 aliphatic heterocycles. The van der Waals surface area contributed by atoms with Gasteiger partial charge in [0.2, 0.25) is 0 Å². The number of benzene rings is 1. The predicted molar refractivity (Wildman–Crippen MR) is 52.7 cm³/mol. The normalized spacial score (nSPS) is 12.8. The van der Waals surface area contributed by atoms with E-state index in [0.29, 0.717) is 6.42 Å². The Kier molecular flexibility index (Phi) is 3.32. The van der Waals surface area contributed by atoms with Crippen LogP contribution in [-0.2, 0) is 6.42 Å². The number of aromatic hydroxyl groups is 1. The van der Waals surface area contributed by atoms with E-state index in [1.807, 2.05) is 13.8 Å². The van der Waals surface area contributed by atoms with E-state index in [2.05, 4.69) is 0 Å². The maximum Gasteiger partial charge on any atom is 0.115 e. The maximum atomic E-state index is 9.65. The van der Waals surface area contributed by atoms with Crippen molar-refractivity contribution < 1.29 is 10.2 Å². The van der Waals surface area contributed by atoms with E-state index >= 15 is 0 Å². The fraction of sp³-hybridized carbons (Fsp3) is 0.455. The van der Waals surface area contributed by atoms with Gasteiger partial charge in [0.1, 0.15) is 5.75 Å². The smallest absolute Gasteiger partial charge is 0.115 e. The summed E-state index contributed by atoms with van der Waals surface area (Å²) in [7, 11) is 0. The number of aryl methyl sites for hydroxylation is 1. The number of rotatable bonds is 3. The van der Waals surface area contributed by atoms with Gasteiger partial charge in [0, 0.05) is 0 Å². The Morgan fingerprint density at radius 1 is 1.31 bits per heavy atom. The molecule has 72 valence electrons. The molecule has 1 unspecified atom stereocenters. The number of phenolic OH excluding ortho intramolecular Hbond substituents is 1. The van der Waals surface area contributed by atoms with Crippen molar-refractivity contribution in [1.82, 2.24) is 0 Å². The lowest BCUT2D eigenvalue weighted by molar-refractivity contribution is 0.172. The molecular formula is C11H16O2. The molecular weight excluding hydrogens is 164 g/mol. The summed E-state index contributed by atoms with van der Waals surface area (Å²) in [4.78, 5) is 0. The molecule has 13 heavy (non-hydrogen) atoms. The van der Waals surface area contributed by atoms with Crippen molar-refractivity contribution in [2.45, 2.75) is 32.8 Å². The fourth-order valence-corrected chi connectivity index (χ4v) is 1.44. The molecule has 0 amide bonds. The van der Waals surface area contributed by atoms with Gasteiger partial charge in [-0.15, -0.1) is 0 Å². The van der Waals surface area contributed by atoms with Gasteiger partial charge in [-0.3, -0.25) is 0 Å². The van der Waals surface area contributed by atoms with Crippen molar-refractivity contribution in [3.63, 3.8) is 0 Å². The summed E-state index contributed by atoms with van der Waals surface area (Å²) >= 11 is 0. The van der Waals surface area contributed by atoms with Gasteiger partial charge in [0.25, 0.3) is 0 Å². The predicted octanol–water partition coefficient (Wildman–Crippen LogP) is 2.40. The van der Waals surface area contributed by atoms with Crippen molar-refractivity contribution in [2.75, 3.05) is 0 Å². The van der Waals surface area contributed by atoms with Gasteiger partial charge in [-0.1, -0.05) is 19.9 Å². The Bertz CT molecular complexity index is 281. The van der Waals surface area contributed by atoms with Gasteiger partial charge in [-0.25, -0.2) is 0 Å². The molecule has 0 bridgehead atoms. The molecule has 2 N–H and O–H groups in total. The SMILES string of the molecule is CCc1cc(O)ccc1C(O)CC. The number of aliphatic hydroxyl groups is 1. The summed E-state index contributed by atoms with van der Waals surface area (Å²) in [5.74, 6) is 0.268. The zero-order chi connectivity index (χ0) is 9.84. The molecule has 1 rings (SSSR count). The van der Waals surface area contributed by atoms with Crippen LogP contribution >= 0.6 is 0 Å². The second-order valence-electron chi connectivity index (χ2n) is 3.16. The molecule has 1 aromatic carbocycles. The van der Waals surface area contributed by atoms with Crippen molar-refractivity contribution >= 4 is 0 Å². The second kappa shape index (κ2) is 4.28. The molecule has 2 nitrogen and oxygen atoms in total. The van der Waals surface area contributed by atoms with E-state index in [0.717, 1.165) is 17.5 Å². The Hall–Kier alpha value is -1.02. The van der Waals surface area contributed by atoms with Gasteiger partial charge < -0.3 is 10.2 Å². The topological polar surface area (TPSA) is 40.5 Å². The second-order valence-corrected chi connectivity index (χ2v) is 3.16. The first kappa shape index (κ1) is 10.1. The first-order valence-electron chi connectivity index (χ1n) is 4.68. The fourth-order valence-electron chi connectivity index (χ4n) is 1.44. The highest BCUT2D eigenvalue weighted by molar-refractivity contribution is 5.36. The van der Waals surface area contributed by atoms with Crippen LogP contribution in [0.25, 0.3) is 0 Å². The average Bonchev–Trinajstić information content (AvgIpc) is 2.16. The summed E-state index contributed by atoms with van der Waals surface area (Å²) in [6.07, 6.45) is 1.13. The number of phenols is 1. The largest absolute Gasteiger partial charge is 0.508 e. The molecule has 0 fully saturated rings. The van der Waals surface area contributed by atoms with Crippen molar-refractivity contribution in [2.24, 2.45) is 0 Å². The Morgan fingerprint density at radius 2 is 2.00 bits per heavy atom. The third kappa shape index (κ3) is 2.22. The van der Waals surface area contributed by atoms with Crippen LogP contribution in [0.3, 0.4) is 0 Å². The molecule has 1 aromatic rings. The van der Waals surface area contributed by atoms with E-state index in [4.69, 9.17) is 0 Å². The Balaban J connectivity index is 3.05. The number of aliphatic hydroxyl groups excluding tert-OH is 1. The quantitative estimate of drug-likeness (QED) is 0.749. The van der Waals surface area contributed by atoms with Crippen LogP contribution in [0.1, 0.15) is 37.5 Å². The minimum absolute atomic E-state index is 0.268. The molecule has 0 heterocycles. The summed E-state index contributed by atoms with van der Waals surface area (Å²) in [5.41, 5.74) is 1.96. The molecule has 2 heteroatoms. The van der Waals surface area contributed by atoms with E-state index in [1.165, 1.54) is 0 Å². The van der Waals surface area contributed by atoms with Crippen LogP contribution in [-0.4, -0.2) is 10.2 Å². The van der Waals surface area contributed by atoms with E-state index < -0.39 is 6.10 Å². The number of hydrogen-bond acceptors (Lipinski definition) is 2. The lowest BCUT2D eigenvalue weighted by Gasteiger charge is -2.12.